The molecule has 1 unspecified atom stereocenters. The lowest BCUT2D eigenvalue weighted by Gasteiger charge is -2.42. The molecular formula is C15H21N3O2. The third kappa shape index (κ3) is 2.81. The zero-order valence-corrected chi connectivity index (χ0v) is 12.2. The van der Waals surface area contributed by atoms with Gasteiger partial charge in [0, 0.05) is 18.9 Å². The lowest BCUT2D eigenvalue weighted by atomic mass is 9.95. The van der Waals surface area contributed by atoms with Crippen LogP contribution in [0.4, 0.5) is 0 Å². The first kappa shape index (κ1) is 14.5. The lowest BCUT2D eigenvalue weighted by molar-refractivity contribution is -0.153. The summed E-state index contributed by atoms with van der Waals surface area (Å²) < 4.78 is 0. The second kappa shape index (κ2) is 5.61. The molecule has 5 heteroatoms. The Labute approximate surface area is 119 Å². The molecule has 0 spiro atoms. The molecule has 1 fully saturated rings. The largest absolute Gasteiger partial charge is 0.340 e. The van der Waals surface area contributed by atoms with Crippen LogP contribution in [0.5, 0.6) is 0 Å². The van der Waals surface area contributed by atoms with E-state index in [4.69, 9.17) is 0 Å². The van der Waals surface area contributed by atoms with E-state index in [9.17, 15) is 9.59 Å². The number of rotatable bonds is 4. The van der Waals surface area contributed by atoms with Crippen LogP contribution in [-0.2, 0) is 16.0 Å². The van der Waals surface area contributed by atoms with Gasteiger partial charge in [0.1, 0.15) is 11.6 Å². The fourth-order valence-electron chi connectivity index (χ4n) is 2.55. The zero-order valence-electron chi connectivity index (χ0n) is 12.2. The van der Waals surface area contributed by atoms with Gasteiger partial charge in [-0.15, -0.1) is 0 Å². The van der Waals surface area contributed by atoms with E-state index in [1.165, 1.54) is 0 Å². The van der Waals surface area contributed by atoms with Gasteiger partial charge in [-0.3, -0.25) is 14.6 Å². The molecule has 0 bridgehead atoms. The summed E-state index contributed by atoms with van der Waals surface area (Å²) >= 11 is 0. The summed E-state index contributed by atoms with van der Waals surface area (Å²) in [5, 5.41) is 2.79. The molecule has 1 aliphatic heterocycles. The second-order valence-electron chi connectivity index (χ2n) is 5.65. The maximum Gasteiger partial charge on any atom is 0.248 e. The van der Waals surface area contributed by atoms with Gasteiger partial charge in [-0.05, 0) is 38.3 Å². The summed E-state index contributed by atoms with van der Waals surface area (Å²) in [6.45, 7) is 5.96. The molecule has 2 rings (SSSR count). The Balaban J connectivity index is 2.13. The minimum absolute atomic E-state index is 0.0205. The molecule has 5 nitrogen and oxygen atoms in total. The molecule has 1 saturated heterocycles. The number of hydrogen-bond acceptors (Lipinski definition) is 3. The molecule has 1 atom stereocenters. The SMILES string of the molecule is CCC1C(=O)NC(C)(C)C(=O)N1CCc1cccnc1. The monoisotopic (exact) mass is 275 g/mol. The molecule has 0 aromatic carbocycles. The van der Waals surface area contributed by atoms with Crippen molar-refractivity contribution in [3.63, 3.8) is 0 Å². The van der Waals surface area contributed by atoms with Crippen LogP contribution in [0.1, 0.15) is 32.8 Å². The Hall–Kier alpha value is -1.91. The molecule has 1 N–H and O–H groups in total. The van der Waals surface area contributed by atoms with Crippen LogP contribution in [0.2, 0.25) is 0 Å². The van der Waals surface area contributed by atoms with Gasteiger partial charge in [0.05, 0.1) is 0 Å². The van der Waals surface area contributed by atoms with E-state index in [2.05, 4.69) is 10.3 Å². The molecule has 0 radical (unpaired) electrons. The van der Waals surface area contributed by atoms with E-state index in [-0.39, 0.29) is 17.9 Å². The van der Waals surface area contributed by atoms with Crippen LogP contribution in [0, 0.1) is 0 Å². The highest BCUT2D eigenvalue weighted by Gasteiger charge is 2.44. The number of carbonyl (C=O) groups is 2. The van der Waals surface area contributed by atoms with Crippen molar-refractivity contribution in [3.05, 3.63) is 30.1 Å². The predicted octanol–water partition coefficient (Wildman–Crippen LogP) is 1.14. The van der Waals surface area contributed by atoms with Crippen LogP contribution in [0.25, 0.3) is 0 Å². The zero-order chi connectivity index (χ0) is 14.8. The van der Waals surface area contributed by atoms with E-state index in [0.29, 0.717) is 19.4 Å². The average molecular weight is 275 g/mol. The van der Waals surface area contributed by atoms with Crippen molar-refractivity contribution in [2.45, 2.75) is 45.2 Å². The number of nitrogens with one attached hydrogen (secondary N) is 1. The summed E-state index contributed by atoms with van der Waals surface area (Å²) in [4.78, 5) is 30.3. The summed E-state index contributed by atoms with van der Waals surface area (Å²) in [6, 6.07) is 3.49. The van der Waals surface area contributed by atoms with Gasteiger partial charge in [0.15, 0.2) is 0 Å². The molecule has 2 amide bonds. The van der Waals surface area contributed by atoms with E-state index < -0.39 is 5.54 Å². The van der Waals surface area contributed by atoms with Crippen LogP contribution >= 0.6 is 0 Å². The van der Waals surface area contributed by atoms with Gasteiger partial charge in [-0.25, -0.2) is 0 Å². The summed E-state index contributed by atoms with van der Waals surface area (Å²) in [5.74, 6) is -0.0869. The number of piperazine rings is 1. The number of pyridine rings is 1. The van der Waals surface area contributed by atoms with Crippen molar-refractivity contribution in [2.75, 3.05) is 6.54 Å². The first-order valence-electron chi connectivity index (χ1n) is 6.97. The topological polar surface area (TPSA) is 62.3 Å². The van der Waals surface area contributed by atoms with Gasteiger partial charge in [0.2, 0.25) is 11.8 Å². The van der Waals surface area contributed by atoms with E-state index in [1.807, 2.05) is 19.1 Å². The Bertz CT molecular complexity index is 499. The van der Waals surface area contributed by atoms with Gasteiger partial charge in [-0.2, -0.15) is 0 Å². The molecule has 0 saturated carbocycles. The van der Waals surface area contributed by atoms with Gasteiger partial charge < -0.3 is 10.2 Å². The third-order valence-corrected chi connectivity index (χ3v) is 3.66. The van der Waals surface area contributed by atoms with Crippen molar-refractivity contribution in [2.24, 2.45) is 0 Å². The molecule has 2 heterocycles. The van der Waals surface area contributed by atoms with E-state index >= 15 is 0 Å². The fourth-order valence-corrected chi connectivity index (χ4v) is 2.55. The van der Waals surface area contributed by atoms with Crippen LogP contribution in [0.15, 0.2) is 24.5 Å². The quantitative estimate of drug-likeness (QED) is 0.896. The highest BCUT2D eigenvalue weighted by molar-refractivity contribution is 5.99. The Morgan fingerprint density at radius 2 is 2.15 bits per heavy atom. The smallest absolute Gasteiger partial charge is 0.248 e. The summed E-state index contributed by atoms with van der Waals surface area (Å²) in [7, 11) is 0. The minimum atomic E-state index is -0.822. The second-order valence-corrected chi connectivity index (χ2v) is 5.65. The molecule has 1 aliphatic rings. The van der Waals surface area contributed by atoms with Crippen LogP contribution in [-0.4, -0.2) is 39.8 Å². The molecule has 108 valence electrons. The molecule has 0 aliphatic carbocycles. The van der Waals surface area contributed by atoms with Gasteiger partial charge >= 0.3 is 0 Å². The Morgan fingerprint density at radius 1 is 1.40 bits per heavy atom. The first-order chi connectivity index (χ1) is 9.45. The number of carbonyl (C=O) groups excluding carboxylic acids is 2. The fraction of sp³-hybridized carbons (Fsp3) is 0.533. The summed E-state index contributed by atoms with van der Waals surface area (Å²) in [5.41, 5.74) is 0.247. The minimum Gasteiger partial charge on any atom is -0.340 e. The van der Waals surface area contributed by atoms with Crippen LogP contribution < -0.4 is 5.32 Å². The van der Waals surface area contributed by atoms with Crippen molar-refractivity contribution in [1.82, 2.24) is 15.2 Å². The highest BCUT2D eigenvalue weighted by atomic mass is 16.2. The number of hydrogen-bond donors (Lipinski definition) is 1. The van der Waals surface area contributed by atoms with Crippen molar-refractivity contribution in [1.29, 1.82) is 0 Å². The third-order valence-electron chi connectivity index (χ3n) is 3.66. The average Bonchev–Trinajstić information content (AvgIpc) is 2.42. The maximum atomic E-state index is 12.5. The normalized spacial score (nSPS) is 21.8. The summed E-state index contributed by atoms with van der Waals surface area (Å²) in [6.07, 6.45) is 4.85. The maximum absolute atomic E-state index is 12.5. The van der Waals surface area contributed by atoms with E-state index in [0.717, 1.165) is 5.56 Å². The van der Waals surface area contributed by atoms with Gasteiger partial charge in [0.25, 0.3) is 0 Å². The molecule has 1 aromatic heterocycles. The standard InChI is InChI=1S/C15H21N3O2/c1-4-12-13(19)17-15(2,3)14(20)18(12)9-7-11-6-5-8-16-10-11/h5-6,8,10,12H,4,7,9H2,1-3H3,(H,17,19). The lowest BCUT2D eigenvalue weighted by Crippen LogP contribution is -2.68. The molecule has 1 aromatic rings. The van der Waals surface area contributed by atoms with E-state index in [1.54, 1.807) is 31.1 Å². The molecular weight excluding hydrogens is 254 g/mol. The Morgan fingerprint density at radius 3 is 2.75 bits per heavy atom. The highest BCUT2D eigenvalue weighted by Crippen LogP contribution is 2.20. The number of nitrogens with zero attached hydrogens (tertiary/aromatic N) is 2. The van der Waals surface area contributed by atoms with Crippen molar-refractivity contribution in [3.8, 4) is 0 Å². The number of amides is 2. The predicted molar refractivity (Wildman–Crippen MR) is 76.0 cm³/mol. The Kier molecular flexibility index (Phi) is 4.06. The van der Waals surface area contributed by atoms with Gasteiger partial charge in [-0.1, -0.05) is 13.0 Å². The first-order valence-corrected chi connectivity index (χ1v) is 6.97. The van der Waals surface area contributed by atoms with Crippen molar-refractivity contribution < 1.29 is 9.59 Å². The van der Waals surface area contributed by atoms with Crippen LogP contribution in [0.3, 0.4) is 0 Å². The number of aromatic nitrogens is 1. The van der Waals surface area contributed by atoms with Crippen molar-refractivity contribution >= 4 is 11.8 Å². The molecule has 20 heavy (non-hydrogen) atoms.